The van der Waals surface area contributed by atoms with E-state index >= 15 is 0 Å². The molecule has 3 rings (SSSR count). The van der Waals surface area contributed by atoms with Crippen molar-refractivity contribution in [2.45, 2.75) is 83.5 Å². The first-order valence-electron chi connectivity index (χ1n) is 9.31. The van der Waals surface area contributed by atoms with Gasteiger partial charge in [0, 0.05) is 24.7 Å². The highest BCUT2D eigenvalue weighted by atomic mass is 16.5. The molecule has 21 heavy (non-hydrogen) atoms. The smallest absolute Gasteiger partial charge is 0.0731 e. The van der Waals surface area contributed by atoms with Crippen LogP contribution in [0.5, 0.6) is 0 Å². The summed E-state index contributed by atoms with van der Waals surface area (Å²) in [6.45, 7) is 10.4. The van der Waals surface area contributed by atoms with E-state index in [0.717, 1.165) is 37.6 Å². The molecule has 3 fully saturated rings. The van der Waals surface area contributed by atoms with Crippen molar-refractivity contribution in [3.05, 3.63) is 0 Å². The summed E-state index contributed by atoms with van der Waals surface area (Å²) in [5.41, 5.74) is 0. The van der Waals surface area contributed by atoms with Crippen molar-refractivity contribution in [2.75, 3.05) is 19.7 Å². The van der Waals surface area contributed by atoms with Gasteiger partial charge in [-0.2, -0.15) is 0 Å². The van der Waals surface area contributed by atoms with Crippen molar-refractivity contribution >= 4 is 0 Å². The first-order valence-corrected chi connectivity index (χ1v) is 9.31. The van der Waals surface area contributed by atoms with Crippen molar-refractivity contribution in [3.63, 3.8) is 0 Å². The quantitative estimate of drug-likeness (QED) is 0.866. The Labute approximate surface area is 130 Å². The maximum Gasteiger partial charge on any atom is 0.0731 e. The molecule has 1 saturated heterocycles. The minimum Gasteiger partial charge on any atom is -0.375 e. The highest BCUT2D eigenvalue weighted by molar-refractivity contribution is 4.99. The van der Waals surface area contributed by atoms with Gasteiger partial charge in [-0.1, -0.05) is 33.6 Å². The molecule has 2 aliphatic carbocycles. The molecule has 3 aliphatic rings. The number of morpholine rings is 1. The first-order chi connectivity index (χ1) is 10.2. The number of nitrogens with one attached hydrogen (secondary N) is 1. The molecule has 0 spiro atoms. The molecule has 1 heterocycles. The van der Waals surface area contributed by atoms with E-state index in [0.29, 0.717) is 18.2 Å². The lowest BCUT2D eigenvalue weighted by atomic mass is 9.74. The van der Waals surface area contributed by atoms with Gasteiger partial charge >= 0.3 is 0 Å². The van der Waals surface area contributed by atoms with Crippen LogP contribution >= 0.6 is 0 Å². The van der Waals surface area contributed by atoms with E-state index in [-0.39, 0.29) is 0 Å². The molecule has 122 valence electrons. The number of hydrogen-bond donors (Lipinski definition) is 1. The molecular formula is C18H34N2O. The zero-order chi connectivity index (χ0) is 14.8. The number of likely N-dealkylation sites (N-methyl/N-ethyl adjacent to an activating group) is 1. The predicted octanol–water partition coefficient (Wildman–Crippen LogP) is 3.04. The van der Waals surface area contributed by atoms with Gasteiger partial charge in [0.2, 0.25) is 0 Å². The van der Waals surface area contributed by atoms with E-state index in [1.165, 1.54) is 38.5 Å². The van der Waals surface area contributed by atoms with Crippen LogP contribution in [-0.4, -0.2) is 48.8 Å². The lowest BCUT2D eigenvalue weighted by Gasteiger charge is -2.53. The van der Waals surface area contributed by atoms with Crippen molar-refractivity contribution in [2.24, 2.45) is 11.8 Å². The van der Waals surface area contributed by atoms with E-state index < -0.39 is 0 Å². The minimum atomic E-state index is 0.515. The van der Waals surface area contributed by atoms with E-state index in [4.69, 9.17) is 4.74 Å². The van der Waals surface area contributed by atoms with Gasteiger partial charge in [0.05, 0.1) is 12.7 Å². The maximum atomic E-state index is 6.09. The van der Waals surface area contributed by atoms with Gasteiger partial charge in [0.15, 0.2) is 0 Å². The second-order valence-electron chi connectivity index (χ2n) is 7.71. The highest BCUT2D eigenvalue weighted by Gasteiger charge is 2.44. The molecule has 6 unspecified atom stereocenters. The van der Waals surface area contributed by atoms with Crippen LogP contribution in [0.4, 0.5) is 0 Å². The fourth-order valence-electron chi connectivity index (χ4n) is 5.36. The van der Waals surface area contributed by atoms with Gasteiger partial charge in [0.25, 0.3) is 0 Å². The van der Waals surface area contributed by atoms with Crippen molar-refractivity contribution < 1.29 is 4.74 Å². The number of rotatable bonds is 3. The van der Waals surface area contributed by atoms with Gasteiger partial charge in [-0.3, -0.25) is 4.90 Å². The van der Waals surface area contributed by atoms with Crippen molar-refractivity contribution in [1.82, 2.24) is 10.2 Å². The summed E-state index contributed by atoms with van der Waals surface area (Å²) in [5.74, 6) is 1.67. The standard InChI is InChI=1S/C18H34N2O/c1-4-19-15-12-13(2)11-14(3)18(15)20-9-10-21-17-8-6-5-7-16(17)20/h13-19H,4-12H2,1-3H3. The van der Waals surface area contributed by atoms with E-state index in [2.05, 4.69) is 31.0 Å². The van der Waals surface area contributed by atoms with E-state index in [1.807, 2.05) is 0 Å². The molecular weight excluding hydrogens is 260 g/mol. The Morgan fingerprint density at radius 3 is 2.76 bits per heavy atom. The predicted molar refractivity (Wildman–Crippen MR) is 87.5 cm³/mol. The molecule has 0 bridgehead atoms. The van der Waals surface area contributed by atoms with E-state index in [9.17, 15) is 0 Å². The molecule has 0 aromatic heterocycles. The van der Waals surface area contributed by atoms with Crippen LogP contribution in [0, 0.1) is 11.8 Å². The van der Waals surface area contributed by atoms with Crippen LogP contribution < -0.4 is 5.32 Å². The summed E-state index contributed by atoms with van der Waals surface area (Å²) < 4.78 is 6.09. The summed E-state index contributed by atoms with van der Waals surface area (Å²) >= 11 is 0. The summed E-state index contributed by atoms with van der Waals surface area (Å²) in [5, 5.41) is 3.81. The lowest BCUT2D eigenvalue weighted by molar-refractivity contribution is -0.120. The maximum absolute atomic E-state index is 6.09. The SMILES string of the molecule is CCNC1CC(C)CC(C)C1N1CCOC2CCCCC21. The normalized spacial score (nSPS) is 45.3. The molecule has 2 saturated carbocycles. The summed E-state index contributed by atoms with van der Waals surface area (Å²) in [4.78, 5) is 2.86. The largest absolute Gasteiger partial charge is 0.375 e. The Morgan fingerprint density at radius 2 is 1.95 bits per heavy atom. The first kappa shape index (κ1) is 15.8. The molecule has 1 N–H and O–H groups in total. The topological polar surface area (TPSA) is 24.5 Å². The third-order valence-corrected chi connectivity index (χ3v) is 6.05. The monoisotopic (exact) mass is 294 g/mol. The highest BCUT2D eigenvalue weighted by Crippen LogP contribution is 2.37. The fourth-order valence-corrected chi connectivity index (χ4v) is 5.36. The molecule has 6 atom stereocenters. The van der Waals surface area contributed by atoms with Crippen LogP contribution in [-0.2, 0) is 4.74 Å². The van der Waals surface area contributed by atoms with Crippen LogP contribution in [0.1, 0.15) is 59.3 Å². The summed E-state index contributed by atoms with van der Waals surface area (Å²) in [6, 6.07) is 2.08. The van der Waals surface area contributed by atoms with Crippen molar-refractivity contribution in [1.29, 1.82) is 0 Å². The number of nitrogens with zero attached hydrogens (tertiary/aromatic N) is 1. The fraction of sp³-hybridized carbons (Fsp3) is 1.00. The molecule has 0 radical (unpaired) electrons. The Hall–Kier alpha value is -0.120. The Balaban J connectivity index is 1.77. The number of ether oxygens (including phenoxy) is 1. The Morgan fingerprint density at radius 1 is 1.14 bits per heavy atom. The molecule has 0 aromatic rings. The number of hydrogen-bond acceptors (Lipinski definition) is 3. The molecule has 0 amide bonds. The zero-order valence-corrected chi connectivity index (χ0v) is 14.2. The van der Waals surface area contributed by atoms with Crippen LogP contribution in [0.3, 0.4) is 0 Å². The van der Waals surface area contributed by atoms with Gasteiger partial charge in [-0.15, -0.1) is 0 Å². The minimum absolute atomic E-state index is 0.515. The third-order valence-electron chi connectivity index (χ3n) is 6.05. The van der Waals surface area contributed by atoms with E-state index in [1.54, 1.807) is 0 Å². The number of fused-ring (bicyclic) bond motifs is 1. The van der Waals surface area contributed by atoms with Gasteiger partial charge in [-0.25, -0.2) is 0 Å². The van der Waals surface area contributed by atoms with Gasteiger partial charge in [0.1, 0.15) is 0 Å². The van der Waals surface area contributed by atoms with Gasteiger partial charge in [-0.05, 0) is 44.1 Å². The van der Waals surface area contributed by atoms with Crippen molar-refractivity contribution in [3.8, 4) is 0 Å². The molecule has 1 aliphatic heterocycles. The van der Waals surface area contributed by atoms with Crippen LogP contribution in [0.2, 0.25) is 0 Å². The third kappa shape index (κ3) is 3.30. The summed E-state index contributed by atoms with van der Waals surface area (Å²) in [6.07, 6.45) is 8.64. The Kier molecular flexibility index (Phi) is 5.23. The zero-order valence-electron chi connectivity index (χ0n) is 14.2. The molecule has 3 nitrogen and oxygen atoms in total. The second-order valence-corrected chi connectivity index (χ2v) is 7.71. The van der Waals surface area contributed by atoms with Crippen LogP contribution in [0.25, 0.3) is 0 Å². The van der Waals surface area contributed by atoms with Crippen LogP contribution in [0.15, 0.2) is 0 Å². The average Bonchev–Trinajstić information content (AvgIpc) is 2.47. The summed E-state index contributed by atoms with van der Waals surface area (Å²) in [7, 11) is 0. The average molecular weight is 294 g/mol. The molecule has 3 heteroatoms. The Bertz CT molecular complexity index is 333. The van der Waals surface area contributed by atoms with Gasteiger partial charge < -0.3 is 10.1 Å². The lowest BCUT2D eigenvalue weighted by Crippen LogP contribution is -2.64. The molecule has 0 aromatic carbocycles. The second kappa shape index (κ2) is 6.97.